The number of carbonyl (C=O) groups is 4. The topological polar surface area (TPSA) is 228 Å². The second-order valence-corrected chi connectivity index (χ2v) is 11.1. The fourth-order valence-corrected chi connectivity index (χ4v) is 5.76. The number of hydrogen-bond donors (Lipinski definition) is 4. The van der Waals surface area contributed by atoms with Gasteiger partial charge in [0, 0.05) is 25.7 Å². The largest absolute Gasteiger partial charge is 0.872 e. The van der Waals surface area contributed by atoms with Gasteiger partial charge in [-0.25, -0.2) is 14.4 Å². The van der Waals surface area contributed by atoms with Gasteiger partial charge in [0.15, 0.2) is 6.61 Å². The third-order valence-electron chi connectivity index (χ3n) is 7.73. The van der Waals surface area contributed by atoms with E-state index in [1.54, 1.807) is 19.1 Å². The molecule has 4 aromatic rings. The monoisotopic (exact) mass is 625 g/mol. The molecule has 4 aromatic carbocycles. The van der Waals surface area contributed by atoms with Gasteiger partial charge in [-0.1, -0.05) is 39.9 Å². The van der Waals surface area contributed by atoms with Crippen LogP contribution in [0.25, 0.3) is 0 Å². The van der Waals surface area contributed by atoms with Crippen molar-refractivity contribution in [2.75, 3.05) is 6.61 Å². The maximum atomic E-state index is 13.8. The van der Waals surface area contributed by atoms with Gasteiger partial charge < -0.3 is 45.3 Å². The molecule has 0 heterocycles. The lowest BCUT2D eigenvalue weighted by Gasteiger charge is -2.25. The van der Waals surface area contributed by atoms with Crippen LogP contribution >= 0.6 is 0 Å². The van der Waals surface area contributed by atoms with Crippen molar-refractivity contribution < 1.29 is 59.7 Å². The quantitative estimate of drug-likeness (QED) is 0.212. The molecule has 0 unspecified atom stereocenters. The van der Waals surface area contributed by atoms with Crippen molar-refractivity contribution in [2.24, 2.45) is 0 Å². The Balaban J connectivity index is 1.87. The first-order chi connectivity index (χ1) is 21.7. The Kier molecular flexibility index (Phi) is 8.29. The predicted octanol–water partition coefficient (Wildman–Crippen LogP) is 1.75. The highest BCUT2D eigenvalue weighted by atomic mass is 16.5. The molecule has 46 heavy (non-hydrogen) atoms. The van der Waals surface area contributed by atoms with E-state index in [1.165, 1.54) is 12.1 Å². The zero-order chi connectivity index (χ0) is 33.4. The number of aromatic carboxylic acids is 3. The summed E-state index contributed by atoms with van der Waals surface area (Å²) in [4.78, 5) is 47.7. The molecule has 0 amide bonds. The fraction of sp³-hybridized carbons (Fsp3) is 0.176. The molecule has 1 aliphatic carbocycles. The van der Waals surface area contributed by atoms with Crippen LogP contribution in [-0.4, -0.2) is 50.9 Å². The Hall–Kier alpha value is -6.04. The van der Waals surface area contributed by atoms with Crippen LogP contribution in [0.2, 0.25) is 0 Å². The van der Waals surface area contributed by atoms with E-state index in [2.05, 4.69) is 0 Å². The molecule has 0 fully saturated rings. The van der Waals surface area contributed by atoms with Crippen LogP contribution in [0.5, 0.6) is 23.0 Å². The van der Waals surface area contributed by atoms with E-state index >= 15 is 0 Å². The third kappa shape index (κ3) is 6.27. The number of aliphatic carboxylic acids is 1. The molecule has 4 N–H and O–H groups in total. The van der Waals surface area contributed by atoms with E-state index in [0.29, 0.717) is 5.56 Å². The summed E-state index contributed by atoms with van der Waals surface area (Å²) in [6.45, 7) is 0.826. The highest BCUT2D eigenvalue weighted by molar-refractivity contribution is 5.90. The van der Waals surface area contributed by atoms with Gasteiger partial charge in [0.2, 0.25) is 0 Å². The van der Waals surface area contributed by atoms with Crippen molar-refractivity contribution in [1.29, 1.82) is 0 Å². The van der Waals surface area contributed by atoms with Gasteiger partial charge in [0.25, 0.3) is 0 Å². The number of carbonyl (C=O) groups excluding carboxylic acids is 1. The van der Waals surface area contributed by atoms with Gasteiger partial charge in [0.05, 0.1) is 17.1 Å². The Labute approximate surface area is 261 Å². The smallest absolute Gasteiger partial charge is 0.341 e. The van der Waals surface area contributed by atoms with E-state index < -0.39 is 60.4 Å². The molecule has 236 valence electrons. The average Bonchev–Trinajstić information content (AvgIpc) is 2.97. The zero-order valence-electron chi connectivity index (χ0n) is 24.2. The Morgan fingerprint density at radius 2 is 1.00 bits per heavy atom. The molecule has 0 saturated carbocycles. The van der Waals surface area contributed by atoms with Gasteiger partial charge in [-0.2, -0.15) is 0 Å². The molecule has 0 radical (unpaired) electrons. The summed E-state index contributed by atoms with van der Waals surface area (Å²) in [5.41, 5.74) is 0.0250. The number of benzene rings is 4. The average molecular weight is 626 g/mol. The van der Waals surface area contributed by atoms with E-state index in [-0.39, 0.29) is 80.0 Å². The molecule has 12 heteroatoms. The van der Waals surface area contributed by atoms with Crippen molar-refractivity contribution in [3.8, 4) is 23.0 Å². The van der Waals surface area contributed by atoms with E-state index in [1.807, 2.05) is 0 Å². The second kappa shape index (κ2) is 12.2. The lowest BCUT2D eigenvalue weighted by Crippen LogP contribution is -2.23. The highest BCUT2D eigenvalue weighted by Crippen LogP contribution is 2.38. The molecule has 1 aliphatic rings. The third-order valence-corrected chi connectivity index (χ3v) is 7.73. The number of phenols is 1. The summed E-state index contributed by atoms with van der Waals surface area (Å²) in [6.07, 6.45) is -1.26. The normalized spacial score (nSPS) is 12.3. The molecule has 5 rings (SSSR count). The van der Waals surface area contributed by atoms with Crippen LogP contribution < -0.4 is 20.1 Å². The van der Waals surface area contributed by atoms with Crippen molar-refractivity contribution in [1.82, 2.24) is 0 Å². The standard InChI is InChI=1S/C34H28O12/c1-15-2-16-4-18-8-24(32(40)41)10-20(29(18)38)6-22-12-26(34(44)45)13-23(31(22)46-14-27(35)36)7-21-11-25(33(42)43)9-19(30(21)39)5-17(3-15)28(16)37/h2-3,8-13,37-39H,4-7,14H2,1H3,(H,35,36)(H,40,41)(H,42,43)(H,44,45)/p-3. The summed E-state index contributed by atoms with van der Waals surface area (Å²) in [5.74, 6) is -7.36. The minimum atomic E-state index is -1.64. The van der Waals surface area contributed by atoms with Crippen LogP contribution in [-0.2, 0) is 30.5 Å². The number of hydrogen-bond acceptors (Lipinski definition) is 9. The summed E-state index contributed by atoms with van der Waals surface area (Å²) in [6, 6.07) is 9.96. The van der Waals surface area contributed by atoms with Gasteiger partial charge in [-0.05, 0) is 71.1 Å². The Bertz CT molecular complexity index is 1840. The van der Waals surface area contributed by atoms with Crippen molar-refractivity contribution in [2.45, 2.75) is 32.6 Å². The number of carboxylic acids is 4. The van der Waals surface area contributed by atoms with E-state index in [4.69, 9.17) is 4.74 Å². The number of aryl methyl sites for hydroxylation is 1. The molecule has 0 aliphatic heterocycles. The first kappa shape index (κ1) is 31.4. The molecule has 0 aromatic heterocycles. The first-order valence-corrected chi connectivity index (χ1v) is 13.9. The van der Waals surface area contributed by atoms with Crippen molar-refractivity contribution >= 4 is 23.9 Å². The van der Waals surface area contributed by atoms with Crippen molar-refractivity contribution in [3.63, 3.8) is 0 Å². The zero-order valence-corrected chi connectivity index (χ0v) is 24.2. The molecule has 0 spiro atoms. The number of rotatable bonds is 6. The number of ether oxygens (including phenoxy) is 1. The van der Waals surface area contributed by atoms with Gasteiger partial charge in [-0.15, -0.1) is 11.5 Å². The molecular weight excluding hydrogens is 600 g/mol. The molecule has 0 atom stereocenters. The lowest BCUT2D eigenvalue weighted by atomic mass is 9.88. The Morgan fingerprint density at radius 3 is 1.35 bits per heavy atom. The fourth-order valence-electron chi connectivity index (χ4n) is 5.76. The maximum Gasteiger partial charge on any atom is 0.341 e. The molecule has 0 saturated heterocycles. The maximum absolute atomic E-state index is 13.8. The summed E-state index contributed by atoms with van der Waals surface area (Å²) in [5, 5.41) is 79.9. The predicted molar refractivity (Wildman–Crippen MR) is 154 cm³/mol. The van der Waals surface area contributed by atoms with Gasteiger partial charge in [0.1, 0.15) is 11.5 Å². The minimum absolute atomic E-state index is 0.00203. The van der Waals surface area contributed by atoms with Gasteiger partial charge in [-0.3, -0.25) is 0 Å². The number of carboxylic acid groups (broad SMARTS) is 4. The van der Waals surface area contributed by atoms with Crippen molar-refractivity contribution in [3.05, 3.63) is 115 Å². The van der Waals surface area contributed by atoms with E-state index in [0.717, 1.165) is 24.3 Å². The Morgan fingerprint density at radius 1 is 0.630 bits per heavy atom. The van der Waals surface area contributed by atoms with Crippen LogP contribution in [0.15, 0.2) is 48.5 Å². The SMILES string of the molecule is Cc1cc2c(O)c(c1)Cc1cc(C(=O)O)cc(c1[O-])Cc1cc(C(=O)[O-])cc(c1OCC(=O)O)Cc1cc(C(=O)O)cc(c1[O-])C2. The van der Waals surface area contributed by atoms with Gasteiger partial charge >= 0.3 is 17.9 Å². The number of fused-ring (bicyclic) bond motifs is 8. The second-order valence-electron chi connectivity index (χ2n) is 11.1. The van der Waals surface area contributed by atoms with Crippen LogP contribution in [0, 0.1) is 6.92 Å². The highest BCUT2D eigenvalue weighted by Gasteiger charge is 2.21. The minimum Gasteiger partial charge on any atom is -0.872 e. The summed E-state index contributed by atoms with van der Waals surface area (Å²) in [7, 11) is 0. The molecule has 8 bridgehead atoms. The summed E-state index contributed by atoms with van der Waals surface area (Å²) >= 11 is 0. The van der Waals surface area contributed by atoms with Crippen LogP contribution in [0.4, 0.5) is 0 Å². The van der Waals surface area contributed by atoms with E-state index in [9.17, 15) is 54.9 Å². The molecule has 12 nitrogen and oxygen atoms in total. The number of aromatic hydroxyl groups is 1. The van der Waals surface area contributed by atoms with Crippen LogP contribution in [0.1, 0.15) is 81.1 Å². The first-order valence-electron chi connectivity index (χ1n) is 13.9. The molecular formula is C34H25O12-3. The van der Waals surface area contributed by atoms with Crippen LogP contribution in [0.3, 0.4) is 0 Å². The number of phenolic OH excluding ortho intramolecular Hbond substituents is 1. The lowest BCUT2D eigenvalue weighted by molar-refractivity contribution is -0.271. The summed E-state index contributed by atoms with van der Waals surface area (Å²) < 4.78 is 5.57.